The summed E-state index contributed by atoms with van der Waals surface area (Å²) in [5.41, 5.74) is 2.41. The summed E-state index contributed by atoms with van der Waals surface area (Å²) in [6.07, 6.45) is 8.81. The second kappa shape index (κ2) is 8.21. The maximum absolute atomic E-state index is 12.7. The number of rotatable bonds is 5. The van der Waals surface area contributed by atoms with Gasteiger partial charge in [0.05, 0.1) is 11.8 Å². The molecule has 2 heterocycles. The molecule has 7 heteroatoms. The molecule has 0 unspecified atom stereocenters. The van der Waals surface area contributed by atoms with Crippen LogP contribution in [0.3, 0.4) is 0 Å². The molecule has 7 nitrogen and oxygen atoms in total. The summed E-state index contributed by atoms with van der Waals surface area (Å²) in [5.74, 6) is 0.795. The van der Waals surface area contributed by atoms with E-state index in [1.165, 1.54) is 0 Å². The Kier molecular flexibility index (Phi) is 5.32. The van der Waals surface area contributed by atoms with Crippen molar-refractivity contribution >= 4 is 5.91 Å². The number of amides is 1. The highest BCUT2D eigenvalue weighted by Crippen LogP contribution is 2.25. The van der Waals surface area contributed by atoms with Crippen LogP contribution < -0.4 is 10.1 Å². The minimum Gasteiger partial charge on any atom is -0.489 e. The van der Waals surface area contributed by atoms with Crippen molar-refractivity contribution in [1.29, 1.82) is 0 Å². The van der Waals surface area contributed by atoms with Gasteiger partial charge in [-0.15, -0.1) is 10.2 Å². The second-order valence-corrected chi connectivity index (χ2v) is 7.07. The summed E-state index contributed by atoms with van der Waals surface area (Å²) in [4.78, 5) is 16.9. The molecule has 0 bridgehead atoms. The van der Waals surface area contributed by atoms with Crippen molar-refractivity contribution in [2.75, 3.05) is 0 Å². The minimum absolute atomic E-state index is 0.0533. The molecule has 0 radical (unpaired) electrons. The number of carbonyl (C=O) groups excluding carboxylic acids is 1. The quantitative estimate of drug-likeness (QED) is 0.739. The highest BCUT2D eigenvalue weighted by atomic mass is 16.5. The predicted octanol–water partition coefficient (Wildman–Crippen LogP) is 3.09. The van der Waals surface area contributed by atoms with Gasteiger partial charge in [-0.2, -0.15) is 0 Å². The molecule has 1 aromatic carbocycles. The van der Waals surface area contributed by atoms with Crippen molar-refractivity contribution in [3.63, 3.8) is 0 Å². The van der Waals surface area contributed by atoms with E-state index in [0.717, 1.165) is 42.8 Å². The summed E-state index contributed by atoms with van der Waals surface area (Å²) >= 11 is 0. The Morgan fingerprint density at radius 2 is 1.89 bits per heavy atom. The zero-order chi connectivity index (χ0) is 19.3. The smallest absolute Gasteiger partial charge is 0.251 e. The number of benzene rings is 1. The van der Waals surface area contributed by atoms with Gasteiger partial charge in [0.25, 0.3) is 5.91 Å². The first kappa shape index (κ1) is 18.2. The molecule has 1 saturated carbocycles. The molecule has 1 fully saturated rings. The number of aryl methyl sites for hydroxylation is 1. The van der Waals surface area contributed by atoms with Crippen molar-refractivity contribution in [3.8, 4) is 11.4 Å². The van der Waals surface area contributed by atoms with E-state index in [-0.39, 0.29) is 18.1 Å². The summed E-state index contributed by atoms with van der Waals surface area (Å²) in [6.45, 7) is 1.95. The predicted molar refractivity (Wildman–Crippen MR) is 104 cm³/mol. The number of ether oxygens (including phenoxy) is 1. The highest BCUT2D eigenvalue weighted by molar-refractivity contribution is 5.94. The van der Waals surface area contributed by atoms with Crippen molar-refractivity contribution in [2.45, 2.75) is 44.8 Å². The molecule has 3 aromatic rings. The monoisotopic (exact) mass is 377 g/mol. The lowest BCUT2D eigenvalue weighted by molar-refractivity contribution is 0.0893. The number of hydrogen-bond acceptors (Lipinski definition) is 5. The third kappa shape index (κ3) is 4.19. The van der Waals surface area contributed by atoms with Crippen LogP contribution in [0.1, 0.15) is 41.7 Å². The Bertz CT molecular complexity index is 933. The van der Waals surface area contributed by atoms with Gasteiger partial charge in [-0.1, -0.05) is 6.07 Å². The first-order valence-electron chi connectivity index (χ1n) is 9.53. The van der Waals surface area contributed by atoms with E-state index in [4.69, 9.17) is 4.74 Å². The molecule has 0 atom stereocenters. The van der Waals surface area contributed by atoms with Gasteiger partial charge in [-0.25, -0.2) is 0 Å². The molecular weight excluding hydrogens is 354 g/mol. The topological polar surface area (TPSA) is 81.9 Å². The summed E-state index contributed by atoms with van der Waals surface area (Å²) in [6, 6.07) is 11.5. The molecular formula is C21H23N5O2. The molecule has 2 aromatic heterocycles. The number of aromatic nitrogens is 4. The first-order valence-corrected chi connectivity index (χ1v) is 9.53. The maximum atomic E-state index is 12.7. The van der Waals surface area contributed by atoms with Crippen molar-refractivity contribution in [3.05, 3.63) is 66.5 Å². The van der Waals surface area contributed by atoms with E-state index in [2.05, 4.69) is 20.5 Å². The van der Waals surface area contributed by atoms with Gasteiger partial charge >= 0.3 is 0 Å². The Hall–Kier alpha value is -3.22. The molecule has 4 rings (SSSR count). The highest BCUT2D eigenvalue weighted by Gasteiger charge is 2.24. The fraction of sp³-hybridized carbons (Fsp3) is 0.333. The summed E-state index contributed by atoms with van der Waals surface area (Å²) in [7, 11) is 0. The van der Waals surface area contributed by atoms with Gasteiger partial charge in [0, 0.05) is 23.5 Å². The van der Waals surface area contributed by atoms with E-state index in [0.29, 0.717) is 5.56 Å². The van der Waals surface area contributed by atoms with Crippen LogP contribution in [0.5, 0.6) is 5.75 Å². The van der Waals surface area contributed by atoms with Crippen LogP contribution in [0.25, 0.3) is 5.69 Å². The van der Waals surface area contributed by atoms with Crippen LogP contribution in [0, 0.1) is 6.92 Å². The van der Waals surface area contributed by atoms with Crippen molar-refractivity contribution < 1.29 is 9.53 Å². The molecule has 1 N–H and O–H groups in total. The van der Waals surface area contributed by atoms with Gasteiger partial charge in [-0.3, -0.25) is 14.3 Å². The SMILES string of the molecule is Cc1ncccc1OC1CCC(NC(=O)c2cccc(-n3cnnc3)c2)CC1. The van der Waals surface area contributed by atoms with E-state index in [9.17, 15) is 4.79 Å². The van der Waals surface area contributed by atoms with E-state index < -0.39 is 0 Å². The van der Waals surface area contributed by atoms with Crippen LogP contribution in [0.4, 0.5) is 0 Å². The van der Waals surface area contributed by atoms with Gasteiger partial charge in [0.2, 0.25) is 0 Å². The molecule has 0 spiro atoms. The first-order chi connectivity index (χ1) is 13.7. The number of pyridine rings is 1. The Balaban J connectivity index is 1.32. The van der Waals surface area contributed by atoms with Crippen LogP contribution >= 0.6 is 0 Å². The van der Waals surface area contributed by atoms with E-state index >= 15 is 0 Å². The molecule has 0 aliphatic heterocycles. The molecule has 144 valence electrons. The number of carbonyl (C=O) groups is 1. The normalized spacial score (nSPS) is 19.2. The number of nitrogens with one attached hydrogen (secondary N) is 1. The molecule has 1 amide bonds. The lowest BCUT2D eigenvalue weighted by atomic mass is 9.92. The maximum Gasteiger partial charge on any atom is 0.251 e. The molecule has 28 heavy (non-hydrogen) atoms. The largest absolute Gasteiger partial charge is 0.489 e. The molecule has 1 aliphatic carbocycles. The third-order valence-electron chi connectivity index (χ3n) is 5.09. The van der Waals surface area contributed by atoms with Crippen LogP contribution in [-0.2, 0) is 0 Å². The average Bonchev–Trinajstić information content (AvgIpc) is 3.26. The zero-order valence-electron chi connectivity index (χ0n) is 15.8. The minimum atomic E-state index is -0.0533. The average molecular weight is 377 g/mol. The van der Waals surface area contributed by atoms with Gasteiger partial charge in [0.15, 0.2) is 0 Å². The summed E-state index contributed by atoms with van der Waals surface area (Å²) < 4.78 is 7.87. The van der Waals surface area contributed by atoms with Gasteiger partial charge < -0.3 is 10.1 Å². The zero-order valence-corrected chi connectivity index (χ0v) is 15.8. The van der Waals surface area contributed by atoms with E-state index in [1.807, 2.05) is 43.3 Å². The Morgan fingerprint density at radius 3 is 2.64 bits per heavy atom. The van der Waals surface area contributed by atoms with Crippen LogP contribution in [-0.4, -0.2) is 37.8 Å². The van der Waals surface area contributed by atoms with Crippen LogP contribution in [0.15, 0.2) is 55.2 Å². The standard InChI is InChI=1S/C21H23N5O2/c1-15-20(6-3-11-22-15)28-19-9-7-17(8-10-19)25-21(27)16-4-2-5-18(12-16)26-13-23-24-14-26/h2-6,11-14,17,19H,7-10H2,1H3,(H,25,27). The lowest BCUT2D eigenvalue weighted by Gasteiger charge is -2.29. The Morgan fingerprint density at radius 1 is 1.11 bits per heavy atom. The third-order valence-corrected chi connectivity index (χ3v) is 5.09. The summed E-state index contributed by atoms with van der Waals surface area (Å²) in [5, 5.41) is 10.8. The fourth-order valence-electron chi connectivity index (χ4n) is 3.51. The Labute approximate surface area is 163 Å². The number of nitrogens with zero attached hydrogens (tertiary/aromatic N) is 4. The lowest BCUT2D eigenvalue weighted by Crippen LogP contribution is -2.39. The second-order valence-electron chi connectivity index (χ2n) is 7.07. The molecule has 0 saturated heterocycles. The van der Waals surface area contributed by atoms with Gasteiger partial charge in [0.1, 0.15) is 18.4 Å². The van der Waals surface area contributed by atoms with Crippen molar-refractivity contribution in [1.82, 2.24) is 25.1 Å². The van der Waals surface area contributed by atoms with Gasteiger partial charge in [-0.05, 0) is 62.9 Å². The van der Waals surface area contributed by atoms with E-state index in [1.54, 1.807) is 23.4 Å². The van der Waals surface area contributed by atoms with Crippen molar-refractivity contribution in [2.24, 2.45) is 0 Å². The van der Waals surface area contributed by atoms with Crippen LogP contribution in [0.2, 0.25) is 0 Å². The fourth-order valence-corrected chi connectivity index (χ4v) is 3.51. The number of hydrogen-bond donors (Lipinski definition) is 1. The molecule has 1 aliphatic rings.